The second-order valence-corrected chi connectivity index (χ2v) is 8.41. The van der Waals surface area contributed by atoms with Gasteiger partial charge in [-0.15, -0.1) is 10.2 Å². The number of benzene rings is 2. The van der Waals surface area contributed by atoms with E-state index in [1.807, 2.05) is 12.1 Å². The third kappa shape index (κ3) is 4.98. The monoisotopic (exact) mass is 412 g/mol. The maximum Gasteiger partial charge on any atom is 0.277 e. The van der Waals surface area contributed by atoms with Crippen LogP contribution < -0.4 is 9.47 Å². The smallest absolute Gasteiger partial charge is 0.277 e. The molecule has 1 aromatic heterocycles. The van der Waals surface area contributed by atoms with E-state index >= 15 is 0 Å². The Bertz CT molecular complexity index is 991. The summed E-state index contributed by atoms with van der Waals surface area (Å²) in [5, 5.41) is 8.49. The molecule has 0 unspecified atom stereocenters. The number of methoxy groups -OCH3 is 2. The van der Waals surface area contributed by atoms with E-state index in [2.05, 4.69) is 43.1 Å². The lowest BCUT2D eigenvalue weighted by atomic mass is 9.87. The van der Waals surface area contributed by atoms with E-state index in [0.29, 0.717) is 28.2 Å². The van der Waals surface area contributed by atoms with E-state index in [0.717, 1.165) is 5.56 Å². The first-order valence-electron chi connectivity index (χ1n) is 9.14. The number of aromatic nitrogens is 2. The van der Waals surface area contributed by atoms with E-state index in [-0.39, 0.29) is 17.0 Å². The molecule has 152 valence electrons. The Hall–Kier alpha value is -2.80. The van der Waals surface area contributed by atoms with Gasteiger partial charge in [0.25, 0.3) is 5.22 Å². The average molecular weight is 413 g/mol. The summed E-state index contributed by atoms with van der Waals surface area (Å²) in [5.74, 6) is 1.60. The van der Waals surface area contributed by atoms with Gasteiger partial charge >= 0.3 is 0 Å². The molecule has 3 rings (SSSR count). The summed E-state index contributed by atoms with van der Waals surface area (Å²) in [6.45, 7) is 6.49. The number of thioether (sulfide) groups is 1. The molecule has 0 N–H and O–H groups in total. The Balaban J connectivity index is 1.67. The number of Topliss-reactive ketones (excluding diaryl/α,β-unsaturated/α-hetero) is 1. The van der Waals surface area contributed by atoms with Crippen LogP contribution in [0.5, 0.6) is 11.5 Å². The second kappa shape index (κ2) is 8.69. The van der Waals surface area contributed by atoms with Crippen molar-refractivity contribution >= 4 is 17.5 Å². The van der Waals surface area contributed by atoms with Crippen LogP contribution in [0.25, 0.3) is 11.5 Å². The van der Waals surface area contributed by atoms with Crippen molar-refractivity contribution in [3.05, 3.63) is 53.6 Å². The van der Waals surface area contributed by atoms with E-state index in [9.17, 15) is 4.79 Å². The zero-order valence-corrected chi connectivity index (χ0v) is 18.0. The molecule has 0 aliphatic heterocycles. The summed E-state index contributed by atoms with van der Waals surface area (Å²) in [4.78, 5) is 12.6. The van der Waals surface area contributed by atoms with Crippen LogP contribution in [-0.2, 0) is 5.41 Å². The van der Waals surface area contributed by atoms with E-state index < -0.39 is 0 Å². The van der Waals surface area contributed by atoms with E-state index in [4.69, 9.17) is 13.9 Å². The van der Waals surface area contributed by atoms with Crippen molar-refractivity contribution in [1.82, 2.24) is 10.2 Å². The first kappa shape index (κ1) is 20.9. The van der Waals surface area contributed by atoms with Gasteiger partial charge < -0.3 is 13.9 Å². The van der Waals surface area contributed by atoms with Gasteiger partial charge in [0, 0.05) is 11.6 Å². The first-order chi connectivity index (χ1) is 13.8. The van der Waals surface area contributed by atoms with Crippen molar-refractivity contribution < 1.29 is 18.7 Å². The van der Waals surface area contributed by atoms with Crippen LogP contribution in [0.15, 0.2) is 52.1 Å². The summed E-state index contributed by atoms with van der Waals surface area (Å²) >= 11 is 1.20. The molecule has 0 radical (unpaired) electrons. The van der Waals surface area contributed by atoms with Crippen molar-refractivity contribution in [3.63, 3.8) is 0 Å². The minimum atomic E-state index is -0.0937. The SMILES string of the molecule is COc1ccc(C(=O)CSc2nnc(-c3ccc(C(C)(C)C)cc3)o2)c(OC)c1. The van der Waals surface area contributed by atoms with E-state index in [1.165, 1.54) is 24.4 Å². The van der Waals surface area contributed by atoms with Crippen LogP contribution >= 0.6 is 11.8 Å². The maximum absolute atomic E-state index is 12.6. The summed E-state index contributed by atoms with van der Waals surface area (Å²) in [6.07, 6.45) is 0. The highest BCUT2D eigenvalue weighted by Gasteiger charge is 2.17. The number of hydrogen-bond donors (Lipinski definition) is 0. The van der Waals surface area contributed by atoms with Gasteiger partial charge in [0.2, 0.25) is 5.89 Å². The van der Waals surface area contributed by atoms with E-state index in [1.54, 1.807) is 25.3 Å². The molecule has 0 spiro atoms. The molecule has 0 saturated heterocycles. The molecule has 0 saturated carbocycles. The topological polar surface area (TPSA) is 74.5 Å². The highest BCUT2D eigenvalue weighted by Crippen LogP contribution is 2.29. The molecule has 0 amide bonds. The van der Waals surface area contributed by atoms with Gasteiger partial charge in [-0.25, -0.2) is 0 Å². The largest absolute Gasteiger partial charge is 0.497 e. The maximum atomic E-state index is 12.6. The Labute approximate surface area is 174 Å². The fraction of sp³-hybridized carbons (Fsp3) is 0.318. The quantitative estimate of drug-likeness (QED) is 0.398. The lowest BCUT2D eigenvalue weighted by molar-refractivity contribution is 0.101. The Morgan fingerprint density at radius 1 is 1.03 bits per heavy atom. The van der Waals surface area contributed by atoms with Crippen LogP contribution in [0.2, 0.25) is 0 Å². The van der Waals surface area contributed by atoms with Gasteiger partial charge in [0.05, 0.1) is 25.5 Å². The zero-order chi connectivity index (χ0) is 21.0. The summed E-state index contributed by atoms with van der Waals surface area (Å²) < 4.78 is 16.2. The molecule has 1 heterocycles. The molecule has 0 bridgehead atoms. The second-order valence-electron chi connectivity index (χ2n) is 7.48. The Kier molecular flexibility index (Phi) is 6.27. The third-order valence-corrected chi connectivity index (χ3v) is 5.26. The molecular formula is C22H24N2O4S. The molecule has 7 heteroatoms. The normalized spacial score (nSPS) is 11.3. The third-order valence-electron chi connectivity index (χ3n) is 4.44. The van der Waals surface area contributed by atoms with Crippen LogP contribution in [0.3, 0.4) is 0 Å². The minimum absolute atomic E-state index is 0.0806. The number of rotatable bonds is 7. The zero-order valence-electron chi connectivity index (χ0n) is 17.2. The van der Waals surface area contributed by atoms with Gasteiger partial charge in [-0.2, -0.15) is 0 Å². The predicted octanol–water partition coefficient (Wildman–Crippen LogP) is 5.03. The lowest BCUT2D eigenvalue weighted by Crippen LogP contribution is -2.10. The van der Waals surface area contributed by atoms with Crippen molar-refractivity contribution in [1.29, 1.82) is 0 Å². The van der Waals surface area contributed by atoms with Crippen LogP contribution in [0.4, 0.5) is 0 Å². The number of ketones is 1. The van der Waals surface area contributed by atoms with Crippen LogP contribution in [0, 0.1) is 0 Å². The highest BCUT2D eigenvalue weighted by atomic mass is 32.2. The van der Waals surface area contributed by atoms with Gasteiger partial charge in [0.15, 0.2) is 5.78 Å². The highest BCUT2D eigenvalue weighted by molar-refractivity contribution is 7.99. The number of carbonyl (C=O) groups is 1. The molecular weight excluding hydrogens is 388 g/mol. The standard InChI is InChI=1S/C22H24N2O4S/c1-22(2,3)15-8-6-14(7-9-15)20-23-24-21(28-20)29-13-18(25)17-11-10-16(26-4)12-19(17)27-5/h6-12H,13H2,1-5H3. The van der Waals surface area contributed by atoms with Gasteiger partial charge in [0.1, 0.15) is 11.5 Å². The van der Waals surface area contributed by atoms with Gasteiger partial charge in [-0.1, -0.05) is 44.7 Å². The molecule has 29 heavy (non-hydrogen) atoms. The van der Waals surface area contributed by atoms with Crippen LogP contribution in [-0.4, -0.2) is 36.0 Å². The lowest BCUT2D eigenvalue weighted by Gasteiger charge is -2.18. The molecule has 0 aliphatic carbocycles. The Morgan fingerprint density at radius 2 is 1.76 bits per heavy atom. The number of hydrogen-bond acceptors (Lipinski definition) is 7. The fourth-order valence-corrected chi connectivity index (χ4v) is 3.38. The van der Waals surface area contributed by atoms with Gasteiger partial charge in [-0.05, 0) is 35.2 Å². The molecule has 2 aromatic carbocycles. The summed E-state index contributed by atoms with van der Waals surface area (Å²) in [5.41, 5.74) is 2.64. The molecule has 6 nitrogen and oxygen atoms in total. The summed E-state index contributed by atoms with van der Waals surface area (Å²) in [7, 11) is 3.09. The van der Waals surface area contributed by atoms with Crippen molar-refractivity contribution in [2.45, 2.75) is 31.4 Å². The van der Waals surface area contributed by atoms with Gasteiger partial charge in [-0.3, -0.25) is 4.79 Å². The Morgan fingerprint density at radius 3 is 2.38 bits per heavy atom. The molecule has 3 aromatic rings. The molecule has 0 fully saturated rings. The number of nitrogens with zero attached hydrogens (tertiary/aromatic N) is 2. The summed E-state index contributed by atoms with van der Waals surface area (Å²) in [6, 6.07) is 13.2. The van der Waals surface area contributed by atoms with Crippen molar-refractivity contribution in [2.75, 3.05) is 20.0 Å². The molecule has 0 aliphatic rings. The van der Waals surface area contributed by atoms with Crippen molar-refractivity contribution in [3.8, 4) is 23.0 Å². The fourth-order valence-electron chi connectivity index (χ4n) is 2.73. The predicted molar refractivity (Wildman–Crippen MR) is 113 cm³/mol. The first-order valence-corrected chi connectivity index (χ1v) is 10.1. The number of ether oxygens (including phenoxy) is 2. The minimum Gasteiger partial charge on any atom is -0.497 e. The number of carbonyl (C=O) groups excluding carboxylic acids is 1. The van der Waals surface area contributed by atoms with Crippen LogP contribution in [0.1, 0.15) is 36.7 Å². The average Bonchev–Trinajstić information content (AvgIpc) is 3.20. The van der Waals surface area contributed by atoms with Crippen molar-refractivity contribution in [2.24, 2.45) is 0 Å². The molecule has 0 atom stereocenters.